The zero-order valence-corrected chi connectivity index (χ0v) is 16.1. The number of nitrogens with one attached hydrogen (secondary N) is 2. The maximum atomic E-state index is 9.75. The first-order valence-electron chi connectivity index (χ1n) is 10.5. The second-order valence-electron chi connectivity index (χ2n) is 9.06. The van der Waals surface area contributed by atoms with Crippen LogP contribution in [0.3, 0.4) is 0 Å². The van der Waals surface area contributed by atoms with Crippen LogP contribution >= 0.6 is 0 Å². The Morgan fingerprint density at radius 1 is 1.15 bits per heavy atom. The fourth-order valence-electron chi connectivity index (χ4n) is 4.91. The third kappa shape index (κ3) is 3.70. The molecule has 1 aromatic heterocycles. The van der Waals surface area contributed by atoms with Crippen LogP contribution < -0.4 is 15.8 Å². The highest BCUT2D eigenvalue weighted by molar-refractivity contribution is 5.40. The van der Waals surface area contributed by atoms with Gasteiger partial charge in [-0.05, 0) is 51.9 Å². The lowest BCUT2D eigenvalue weighted by Crippen LogP contribution is -2.38. The molecule has 0 bridgehead atoms. The largest absolute Gasteiger partial charge is 0.393 e. The molecule has 2 aliphatic carbocycles. The molecule has 3 N–H and O–H groups in total. The monoisotopic (exact) mass is 373 g/mol. The van der Waals surface area contributed by atoms with Gasteiger partial charge in [0.25, 0.3) is 0 Å². The SMILES string of the molecule is CC1(OC2CCC3NNC(c4cc(N5CCC(O)CC5)ncn4)C3C2)CC1. The van der Waals surface area contributed by atoms with Crippen molar-refractivity contribution in [1.29, 1.82) is 0 Å². The van der Waals surface area contributed by atoms with Crippen LogP contribution in [0, 0.1) is 5.92 Å². The van der Waals surface area contributed by atoms with Gasteiger partial charge < -0.3 is 14.7 Å². The standard InChI is InChI=1S/C20H31N5O2/c1-20(6-7-20)27-14-2-3-16-15(10-14)19(24-23-16)17-11-18(22-12-21-17)25-8-4-13(26)5-9-25/h11-16,19,23-24,26H,2-10H2,1H3. The third-order valence-electron chi connectivity index (χ3n) is 6.89. The minimum Gasteiger partial charge on any atom is -0.393 e. The molecule has 27 heavy (non-hydrogen) atoms. The summed E-state index contributed by atoms with van der Waals surface area (Å²) in [4.78, 5) is 11.4. The van der Waals surface area contributed by atoms with Crippen LogP contribution in [0.15, 0.2) is 12.4 Å². The summed E-state index contributed by atoms with van der Waals surface area (Å²) in [6, 6.07) is 2.82. The van der Waals surface area contributed by atoms with Gasteiger partial charge >= 0.3 is 0 Å². The lowest BCUT2D eigenvalue weighted by atomic mass is 9.79. The summed E-state index contributed by atoms with van der Waals surface area (Å²) in [5.74, 6) is 1.48. The van der Waals surface area contributed by atoms with Crippen LogP contribution in [0.25, 0.3) is 0 Å². The van der Waals surface area contributed by atoms with Gasteiger partial charge in [0.15, 0.2) is 0 Å². The number of hydrogen-bond donors (Lipinski definition) is 3. The molecule has 1 aromatic rings. The number of ether oxygens (including phenoxy) is 1. The number of piperidine rings is 1. The molecule has 0 amide bonds. The maximum Gasteiger partial charge on any atom is 0.132 e. The van der Waals surface area contributed by atoms with E-state index in [0.29, 0.717) is 18.1 Å². The first-order chi connectivity index (χ1) is 13.1. The predicted octanol–water partition coefficient (Wildman–Crippen LogP) is 1.69. The Balaban J connectivity index is 1.30. The molecular weight excluding hydrogens is 342 g/mol. The number of rotatable bonds is 4. The quantitative estimate of drug-likeness (QED) is 0.741. The molecule has 2 aliphatic heterocycles. The van der Waals surface area contributed by atoms with Crippen LogP contribution in [0.5, 0.6) is 0 Å². The first kappa shape index (κ1) is 17.8. The fourth-order valence-corrected chi connectivity index (χ4v) is 4.91. The van der Waals surface area contributed by atoms with E-state index in [9.17, 15) is 5.11 Å². The van der Waals surface area contributed by atoms with E-state index in [1.54, 1.807) is 6.33 Å². The van der Waals surface area contributed by atoms with E-state index >= 15 is 0 Å². The lowest BCUT2D eigenvalue weighted by Gasteiger charge is -2.35. The Hall–Kier alpha value is -1.28. The fraction of sp³-hybridized carbons (Fsp3) is 0.800. The third-order valence-corrected chi connectivity index (χ3v) is 6.89. The molecule has 4 aliphatic rings. The number of aliphatic hydroxyl groups excluding tert-OH is 1. The summed E-state index contributed by atoms with van der Waals surface area (Å²) < 4.78 is 6.39. The number of hydrazine groups is 1. The highest BCUT2D eigenvalue weighted by Gasteiger charge is 2.46. The van der Waals surface area contributed by atoms with E-state index in [4.69, 9.17) is 4.74 Å². The molecule has 4 fully saturated rings. The van der Waals surface area contributed by atoms with Crippen LogP contribution in [-0.2, 0) is 4.74 Å². The average Bonchev–Trinajstić information content (AvgIpc) is 3.25. The van der Waals surface area contributed by atoms with E-state index in [1.165, 1.54) is 12.8 Å². The van der Waals surface area contributed by atoms with Gasteiger partial charge in [-0.25, -0.2) is 15.4 Å². The Bertz CT molecular complexity index is 674. The van der Waals surface area contributed by atoms with Gasteiger partial charge in [0, 0.05) is 31.1 Å². The highest BCUT2D eigenvalue weighted by atomic mass is 16.5. The Morgan fingerprint density at radius 2 is 1.96 bits per heavy atom. The first-order valence-corrected chi connectivity index (χ1v) is 10.5. The van der Waals surface area contributed by atoms with Gasteiger partial charge in [0.1, 0.15) is 12.1 Å². The van der Waals surface area contributed by atoms with Crippen molar-refractivity contribution in [2.24, 2.45) is 5.92 Å². The number of aliphatic hydroxyl groups is 1. The van der Waals surface area contributed by atoms with Gasteiger partial charge in [-0.1, -0.05) is 0 Å². The molecule has 0 radical (unpaired) electrons. The summed E-state index contributed by atoms with van der Waals surface area (Å²) >= 11 is 0. The van der Waals surface area contributed by atoms with Crippen molar-refractivity contribution in [2.45, 2.75) is 81.8 Å². The maximum absolute atomic E-state index is 9.75. The number of nitrogens with zero attached hydrogens (tertiary/aromatic N) is 3. The van der Waals surface area contributed by atoms with Crippen molar-refractivity contribution in [1.82, 2.24) is 20.8 Å². The van der Waals surface area contributed by atoms with E-state index < -0.39 is 0 Å². The molecule has 7 nitrogen and oxygen atoms in total. The molecule has 4 atom stereocenters. The lowest BCUT2D eigenvalue weighted by molar-refractivity contribution is -0.0500. The molecule has 5 rings (SSSR count). The number of hydrogen-bond acceptors (Lipinski definition) is 7. The number of anilines is 1. The second-order valence-corrected chi connectivity index (χ2v) is 9.06. The van der Waals surface area contributed by atoms with Crippen LogP contribution in [0.1, 0.15) is 63.6 Å². The molecule has 148 valence electrons. The van der Waals surface area contributed by atoms with Crippen LogP contribution in [0.2, 0.25) is 0 Å². The van der Waals surface area contributed by atoms with E-state index in [2.05, 4.69) is 38.7 Å². The smallest absolute Gasteiger partial charge is 0.132 e. The van der Waals surface area contributed by atoms with E-state index in [1.807, 2.05) is 0 Å². The normalized spacial score (nSPS) is 35.9. The van der Waals surface area contributed by atoms with Crippen molar-refractivity contribution >= 4 is 5.82 Å². The zero-order valence-electron chi connectivity index (χ0n) is 16.1. The summed E-state index contributed by atoms with van der Waals surface area (Å²) in [5, 5.41) is 9.75. The van der Waals surface area contributed by atoms with Gasteiger partial charge in [-0.3, -0.25) is 5.43 Å². The Kier molecular flexibility index (Phi) is 4.58. The van der Waals surface area contributed by atoms with Gasteiger partial charge in [0.2, 0.25) is 0 Å². The molecule has 3 heterocycles. The second kappa shape index (κ2) is 6.95. The number of fused-ring (bicyclic) bond motifs is 1. The molecule has 0 aromatic carbocycles. The molecule has 2 saturated heterocycles. The van der Waals surface area contributed by atoms with Crippen LogP contribution in [-0.4, -0.2) is 52.0 Å². The number of aromatic nitrogens is 2. The Morgan fingerprint density at radius 3 is 2.74 bits per heavy atom. The van der Waals surface area contributed by atoms with Crippen molar-refractivity contribution < 1.29 is 9.84 Å². The van der Waals surface area contributed by atoms with Crippen molar-refractivity contribution in [3.8, 4) is 0 Å². The molecule has 4 unspecified atom stereocenters. The molecular formula is C20H31N5O2. The van der Waals surface area contributed by atoms with E-state index in [-0.39, 0.29) is 17.7 Å². The highest BCUT2D eigenvalue weighted by Crippen LogP contribution is 2.45. The average molecular weight is 374 g/mol. The van der Waals surface area contributed by atoms with Crippen LogP contribution in [0.4, 0.5) is 5.82 Å². The molecule has 0 spiro atoms. The zero-order chi connectivity index (χ0) is 18.4. The summed E-state index contributed by atoms with van der Waals surface area (Å²) in [6.45, 7) is 3.96. The van der Waals surface area contributed by atoms with Crippen molar-refractivity contribution in [3.63, 3.8) is 0 Å². The van der Waals surface area contributed by atoms with Crippen molar-refractivity contribution in [2.75, 3.05) is 18.0 Å². The van der Waals surface area contributed by atoms with Crippen molar-refractivity contribution in [3.05, 3.63) is 18.1 Å². The van der Waals surface area contributed by atoms with E-state index in [0.717, 1.165) is 56.7 Å². The van der Waals surface area contributed by atoms with Gasteiger partial charge in [-0.2, -0.15) is 0 Å². The predicted molar refractivity (Wildman–Crippen MR) is 102 cm³/mol. The molecule has 2 saturated carbocycles. The summed E-state index contributed by atoms with van der Waals surface area (Å²) in [6.07, 6.45) is 9.29. The molecule has 7 heteroatoms. The van der Waals surface area contributed by atoms with Gasteiger partial charge in [-0.15, -0.1) is 0 Å². The minimum absolute atomic E-state index is 0.146. The summed E-state index contributed by atoms with van der Waals surface area (Å²) in [5.41, 5.74) is 8.20. The topological polar surface area (TPSA) is 82.5 Å². The van der Waals surface area contributed by atoms with Gasteiger partial charge in [0.05, 0.1) is 29.5 Å². The minimum atomic E-state index is -0.170. The Labute approximate surface area is 160 Å². The summed E-state index contributed by atoms with van der Waals surface area (Å²) in [7, 11) is 0.